The molecular weight excluding hydrogens is 236 g/mol. The molecule has 19 heavy (non-hydrogen) atoms. The molecule has 112 valence electrons. The van der Waals surface area contributed by atoms with Gasteiger partial charge in [0, 0.05) is 37.7 Å². The van der Waals surface area contributed by atoms with Crippen LogP contribution in [-0.4, -0.2) is 50.8 Å². The van der Waals surface area contributed by atoms with Crippen LogP contribution in [0.15, 0.2) is 0 Å². The zero-order valence-electron chi connectivity index (χ0n) is 13.1. The lowest BCUT2D eigenvalue weighted by Gasteiger charge is -2.40. The average molecular weight is 268 g/mol. The van der Waals surface area contributed by atoms with Crippen molar-refractivity contribution in [3.63, 3.8) is 0 Å². The molecule has 0 spiro atoms. The summed E-state index contributed by atoms with van der Waals surface area (Å²) in [6, 6.07) is 0.804. The first-order chi connectivity index (χ1) is 9.13. The zero-order chi connectivity index (χ0) is 13.7. The fraction of sp³-hybridized carbons (Fsp3) is 1.00. The first-order valence-electron chi connectivity index (χ1n) is 8.13. The van der Waals surface area contributed by atoms with E-state index in [1.54, 1.807) is 0 Å². The summed E-state index contributed by atoms with van der Waals surface area (Å²) in [5, 5.41) is 3.73. The monoisotopic (exact) mass is 268 g/mol. The van der Waals surface area contributed by atoms with E-state index in [0.717, 1.165) is 31.7 Å². The van der Waals surface area contributed by atoms with Gasteiger partial charge in [0.25, 0.3) is 0 Å². The van der Waals surface area contributed by atoms with Crippen LogP contribution in [0.4, 0.5) is 0 Å². The van der Waals surface area contributed by atoms with Crippen molar-refractivity contribution < 1.29 is 4.74 Å². The van der Waals surface area contributed by atoms with Crippen LogP contribution in [0.25, 0.3) is 0 Å². The van der Waals surface area contributed by atoms with E-state index in [4.69, 9.17) is 4.74 Å². The Morgan fingerprint density at radius 2 is 2.21 bits per heavy atom. The van der Waals surface area contributed by atoms with Crippen molar-refractivity contribution in [2.45, 2.75) is 52.0 Å². The van der Waals surface area contributed by atoms with E-state index in [1.165, 1.54) is 45.2 Å². The molecule has 2 unspecified atom stereocenters. The summed E-state index contributed by atoms with van der Waals surface area (Å²) in [5.74, 6) is 0.794. The van der Waals surface area contributed by atoms with Gasteiger partial charge in [0.2, 0.25) is 0 Å². The van der Waals surface area contributed by atoms with Crippen molar-refractivity contribution in [3.8, 4) is 0 Å². The summed E-state index contributed by atoms with van der Waals surface area (Å²) in [4.78, 5) is 2.53. The quantitative estimate of drug-likeness (QED) is 0.732. The normalized spacial score (nSPS) is 29.7. The Bertz CT molecular complexity index is 259. The van der Waals surface area contributed by atoms with Crippen LogP contribution in [0.2, 0.25) is 0 Å². The fourth-order valence-electron chi connectivity index (χ4n) is 3.18. The standard InChI is InChI=1S/C16H32N2O/c1-4-14(2)10-18(3)12-16(8-5-9-19-13-16)11-17-15-6-7-15/h14-15,17H,4-13H2,1-3H3. The van der Waals surface area contributed by atoms with Crippen molar-refractivity contribution in [2.24, 2.45) is 11.3 Å². The topological polar surface area (TPSA) is 24.5 Å². The molecule has 0 bridgehead atoms. The molecule has 1 heterocycles. The number of ether oxygens (including phenoxy) is 1. The molecule has 1 saturated heterocycles. The zero-order valence-corrected chi connectivity index (χ0v) is 13.1. The van der Waals surface area contributed by atoms with Crippen molar-refractivity contribution in [3.05, 3.63) is 0 Å². The minimum atomic E-state index is 0.350. The summed E-state index contributed by atoms with van der Waals surface area (Å²) in [6.45, 7) is 10.1. The maximum Gasteiger partial charge on any atom is 0.0546 e. The molecule has 2 atom stereocenters. The van der Waals surface area contributed by atoms with Gasteiger partial charge in [-0.2, -0.15) is 0 Å². The van der Waals surface area contributed by atoms with Gasteiger partial charge in [-0.25, -0.2) is 0 Å². The first kappa shape index (κ1) is 15.3. The van der Waals surface area contributed by atoms with Gasteiger partial charge in [-0.15, -0.1) is 0 Å². The van der Waals surface area contributed by atoms with E-state index in [0.29, 0.717) is 5.41 Å². The molecule has 2 aliphatic rings. The van der Waals surface area contributed by atoms with Crippen molar-refractivity contribution in [1.82, 2.24) is 10.2 Å². The van der Waals surface area contributed by atoms with Crippen LogP contribution in [0.3, 0.4) is 0 Å². The van der Waals surface area contributed by atoms with Crippen LogP contribution in [0, 0.1) is 11.3 Å². The van der Waals surface area contributed by atoms with Gasteiger partial charge in [0.1, 0.15) is 0 Å². The van der Waals surface area contributed by atoms with Crippen LogP contribution >= 0.6 is 0 Å². The molecule has 0 radical (unpaired) electrons. The molecule has 1 aliphatic heterocycles. The maximum atomic E-state index is 5.80. The highest BCUT2D eigenvalue weighted by Crippen LogP contribution is 2.31. The Hall–Kier alpha value is -0.120. The van der Waals surface area contributed by atoms with E-state index < -0.39 is 0 Å². The molecule has 2 rings (SSSR count). The van der Waals surface area contributed by atoms with Gasteiger partial charge in [-0.3, -0.25) is 0 Å². The average Bonchev–Trinajstić information content (AvgIpc) is 3.21. The minimum absolute atomic E-state index is 0.350. The Balaban J connectivity index is 1.84. The molecule has 1 aliphatic carbocycles. The highest BCUT2D eigenvalue weighted by Gasteiger charge is 2.35. The number of hydrogen-bond donors (Lipinski definition) is 1. The molecule has 0 amide bonds. The Labute approximate surface area is 119 Å². The van der Waals surface area contributed by atoms with Crippen LogP contribution in [0.1, 0.15) is 46.0 Å². The summed E-state index contributed by atoms with van der Waals surface area (Å²) < 4.78 is 5.80. The lowest BCUT2D eigenvalue weighted by molar-refractivity contribution is -0.0243. The van der Waals surface area contributed by atoms with Gasteiger partial charge in [0.05, 0.1) is 6.61 Å². The summed E-state index contributed by atoms with van der Waals surface area (Å²) in [7, 11) is 2.28. The molecule has 3 heteroatoms. The number of nitrogens with zero attached hydrogens (tertiary/aromatic N) is 1. The highest BCUT2D eigenvalue weighted by atomic mass is 16.5. The Kier molecular flexibility index (Phi) is 5.67. The second kappa shape index (κ2) is 7.05. The molecule has 1 saturated carbocycles. The summed E-state index contributed by atoms with van der Waals surface area (Å²) in [6.07, 6.45) is 6.56. The van der Waals surface area contributed by atoms with E-state index in [9.17, 15) is 0 Å². The smallest absolute Gasteiger partial charge is 0.0546 e. The Morgan fingerprint density at radius 3 is 2.79 bits per heavy atom. The van der Waals surface area contributed by atoms with E-state index >= 15 is 0 Å². The number of nitrogens with one attached hydrogen (secondary N) is 1. The number of rotatable bonds is 8. The van der Waals surface area contributed by atoms with Gasteiger partial charge >= 0.3 is 0 Å². The second-order valence-corrected chi connectivity index (χ2v) is 7.02. The lowest BCUT2D eigenvalue weighted by Crippen LogP contribution is -2.49. The van der Waals surface area contributed by atoms with Gasteiger partial charge in [0.15, 0.2) is 0 Å². The third-order valence-electron chi connectivity index (χ3n) is 4.67. The van der Waals surface area contributed by atoms with Crippen molar-refractivity contribution >= 4 is 0 Å². The molecule has 1 N–H and O–H groups in total. The predicted octanol–water partition coefficient (Wildman–Crippen LogP) is 2.51. The SMILES string of the molecule is CCC(C)CN(C)CC1(CNC2CC2)CCCOC1. The Morgan fingerprint density at radius 1 is 1.42 bits per heavy atom. The molecule has 0 aromatic heterocycles. The maximum absolute atomic E-state index is 5.80. The fourth-order valence-corrected chi connectivity index (χ4v) is 3.18. The van der Waals surface area contributed by atoms with Gasteiger partial charge in [-0.05, 0) is 38.6 Å². The van der Waals surface area contributed by atoms with Crippen LogP contribution < -0.4 is 5.32 Å². The lowest BCUT2D eigenvalue weighted by atomic mass is 9.81. The second-order valence-electron chi connectivity index (χ2n) is 7.02. The number of hydrogen-bond acceptors (Lipinski definition) is 3. The van der Waals surface area contributed by atoms with Gasteiger partial charge < -0.3 is 15.0 Å². The van der Waals surface area contributed by atoms with Gasteiger partial charge in [-0.1, -0.05) is 20.3 Å². The van der Waals surface area contributed by atoms with Crippen molar-refractivity contribution in [1.29, 1.82) is 0 Å². The minimum Gasteiger partial charge on any atom is -0.381 e. The highest BCUT2D eigenvalue weighted by molar-refractivity contribution is 4.91. The van der Waals surface area contributed by atoms with E-state index in [-0.39, 0.29) is 0 Å². The van der Waals surface area contributed by atoms with E-state index in [1.807, 2.05) is 0 Å². The van der Waals surface area contributed by atoms with Crippen LogP contribution in [0.5, 0.6) is 0 Å². The molecule has 3 nitrogen and oxygen atoms in total. The molecule has 0 aromatic rings. The third kappa shape index (κ3) is 5.05. The third-order valence-corrected chi connectivity index (χ3v) is 4.67. The molecular formula is C16H32N2O. The predicted molar refractivity (Wildman–Crippen MR) is 80.5 cm³/mol. The summed E-state index contributed by atoms with van der Waals surface area (Å²) >= 11 is 0. The molecule has 0 aromatic carbocycles. The van der Waals surface area contributed by atoms with Crippen molar-refractivity contribution in [2.75, 3.05) is 39.9 Å². The largest absolute Gasteiger partial charge is 0.381 e. The summed E-state index contributed by atoms with van der Waals surface area (Å²) in [5.41, 5.74) is 0.350. The van der Waals surface area contributed by atoms with Crippen LogP contribution in [-0.2, 0) is 4.74 Å². The van der Waals surface area contributed by atoms with E-state index in [2.05, 4.69) is 31.1 Å². The first-order valence-corrected chi connectivity index (χ1v) is 8.13. The molecule has 2 fully saturated rings.